The Morgan fingerprint density at radius 1 is 0.557 bits per heavy atom. The van der Waals surface area contributed by atoms with Gasteiger partial charge in [0, 0.05) is 6.42 Å². The minimum absolute atomic E-state index is 0.00473. The van der Waals surface area contributed by atoms with Gasteiger partial charge < -0.3 is 28.8 Å². The monoisotopic (exact) mass is 883 g/mol. The zero-order valence-corrected chi connectivity index (χ0v) is 42.0. The molecule has 0 aliphatic carbocycles. The molecule has 3 unspecified atom stereocenters. The van der Waals surface area contributed by atoms with E-state index in [0.717, 1.165) is 38.5 Å². The molecule has 0 aromatic heterocycles. The number of nitrogens with zero attached hydrogens (tertiary/aromatic N) is 1. The van der Waals surface area contributed by atoms with Crippen molar-refractivity contribution in [1.82, 2.24) is 5.32 Å². The summed E-state index contributed by atoms with van der Waals surface area (Å²) < 4.78 is 23.1. The van der Waals surface area contributed by atoms with Crippen molar-refractivity contribution in [3.8, 4) is 0 Å². The van der Waals surface area contributed by atoms with Crippen LogP contribution in [0.25, 0.3) is 0 Å². The first kappa shape index (κ1) is 60.0. The molecule has 2 N–H and O–H groups in total. The minimum atomic E-state index is -4.59. The maximum absolute atomic E-state index is 12.8. The predicted molar refractivity (Wildman–Crippen MR) is 261 cm³/mol. The number of allylic oxidation sites excluding steroid dienone is 3. The number of phosphoric ester groups is 1. The Hall–Kier alpha value is -1.02. The lowest BCUT2D eigenvalue weighted by Gasteiger charge is -2.29. The highest BCUT2D eigenvalue weighted by Crippen LogP contribution is 2.38. The van der Waals surface area contributed by atoms with Gasteiger partial charge in [-0.3, -0.25) is 9.36 Å². The summed E-state index contributed by atoms with van der Waals surface area (Å²) in [6.45, 7) is 4.57. The second kappa shape index (κ2) is 44.2. The summed E-state index contributed by atoms with van der Waals surface area (Å²) in [5.74, 6) is -0.206. The van der Waals surface area contributed by atoms with Gasteiger partial charge in [-0.25, -0.2) is 0 Å². The number of hydrogen-bond acceptors (Lipinski definition) is 6. The Morgan fingerprint density at radius 3 is 1.31 bits per heavy atom. The van der Waals surface area contributed by atoms with Crippen LogP contribution in [-0.4, -0.2) is 68.5 Å². The molecular formula is C52H103N2O6P. The highest BCUT2D eigenvalue weighted by atomic mass is 31.2. The molecule has 0 spiro atoms. The molecule has 0 aliphatic rings. The Morgan fingerprint density at radius 2 is 0.918 bits per heavy atom. The van der Waals surface area contributed by atoms with Crippen molar-refractivity contribution in [2.24, 2.45) is 0 Å². The zero-order valence-electron chi connectivity index (χ0n) is 41.1. The summed E-state index contributed by atoms with van der Waals surface area (Å²) in [4.78, 5) is 25.2. The summed E-state index contributed by atoms with van der Waals surface area (Å²) in [6, 6.07) is -0.897. The summed E-state index contributed by atoms with van der Waals surface area (Å²) in [6.07, 6.45) is 54.4. The third-order valence-corrected chi connectivity index (χ3v) is 12.9. The van der Waals surface area contributed by atoms with Crippen LogP contribution < -0.4 is 10.2 Å². The van der Waals surface area contributed by atoms with Crippen molar-refractivity contribution in [2.75, 3.05) is 40.9 Å². The van der Waals surface area contributed by atoms with Gasteiger partial charge >= 0.3 is 0 Å². The molecule has 362 valence electrons. The number of carbonyl (C=O) groups excluding carboxylic acids is 1. The van der Waals surface area contributed by atoms with E-state index in [9.17, 15) is 19.4 Å². The molecule has 1 amide bonds. The SMILES string of the molecule is CCCC/C=C/CC/C=C/C(O)C(COP(=O)([O-])OCC[N+](C)(C)C)NC(=O)CCCCCCCCCCCCCCCCCCCCCCCCCCCCCCCCC. The molecule has 0 aromatic rings. The Kier molecular flexibility index (Phi) is 43.5. The van der Waals surface area contributed by atoms with Crippen LogP contribution in [-0.2, 0) is 18.4 Å². The molecule has 0 heterocycles. The van der Waals surface area contributed by atoms with Crippen LogP contribution in [0.4, 0.5) is 0 Å². The fourth-order valence-corrected chi connectivity index (χ4v) is 8.47. The van der Waals surface area contributed by atoms with E-state index < -0.39 is 20.0 Å². The number of hydrogen-bond donors (Lipinski definition) is 2. The molecule has 9 heteroatoms. The summed E-state index contributed by atoms with van der Waals surface area (Å²) in [7, 11) is 1.25. The van der Waals surface area contributed by atoms with Gasteiger partial charge in [0.05, 0.1) is 39.9 Å². The number of phosphoric acid groups is 1. The van der Waals surface area contributed by atoms with Crippen molar-refractivity contribution in [3.63, 3.8) is 0 Å². The van der Waals surface area contributed by atoms with Gasteiger partial charge in [0.2, 0.25) is 5.91 Å². The summed E-state index contributed by atoms with van der Waals surface area (Å²) >= 11 is 0. The van der Waals surface area contributed by atoms with E-state index in [4.69, 9.17) is 9.05 Å². The minimum Gasteiger partial charge on any atom is -0.756 e. The van der Waals surface area contributed by atoms with Gasteiger partial charge in [-0.2, -0.15) is 0 Å². The number of rotatable bonds is 48. The number of unbranched alkanes of at least 4 members (excludes halogenated alkanes) is 33. The molecule has 0 bridgehead atoms. The molecular weight excluding hydrogens is 780 g/mol. The summed E-state index contributed by atoms with van der Waals surface area (Å²) in [5.41, 5.74) is 0. The van der Waals surface area contributed by atoms with Gasteiger partial charge in [-0.15, -0.1) is 0 Å². The van der Waals surface area contributed by atoms with Gasteiger partial charge in [0.25, 0.3) is 7.82 Å². The van der Waals surface area contributed by atoms with Gasteiger partial charge in [-0.05, 0) is 25.7 Å². The smallest absolute Gasteiger partial charge is 0.268 e. The predicted octanol–water partition coefficient (Wildman–Crippen LogP) is 14.6. The van der Waals surface area contributed by atoms with E-state index >= 15 is 0 Å². The Bertz CT molecular complexity index is 1050. The quantitative estimate of drug-likeness (QED) is 0.0273. The lowest BCUT2D eigenvalue weighted by Crippen LogP contribution is -2.45. The maximum Gasteiger partial charge on any atom is 0.268 e. The molecule has 0 saturated carbocycles. The van der Waals surface area contributed by atoms with E-state index in [-0.39, 0.29) is 19.1 Å². The number of aliphatic hydroxyl groups excluding tert-OH is 1. The second-order valence-electron chi connectivity index (χ2n) is 19.2. The topological polar surface area (TPSA) is 108 Å². The summed E-state index contributed by atoms with van der Waals surface area (Å²) in [5, 5.41) is 13.7. The van der Waals surface area contributed by atoms with Gasteiger partial charge in [-0.1, -0.05) is 244 Å². The number of aliphatic hydroxyl groups is 1. The van der Waals surface area contributed by atoms with E-state index in [1.54, 1.807) is 6.08 Å². The molecule has 0 radical (unpaired) electrons. The largest absolute Gasteiger partial charge is 0.756 e. The standard InChI is InChI=1S/C52H103N2O6P/c1-6-8-10-12-14-16-17-18-19-20-21-22-23-24-25-26-27-28-29-30-31-32-33-34-35-36-37-38-40-42-44-46-52(56)53-50(49-60-61(57,58)59-48-47-54(3,4)5)51(55)45-43-41-39-15-13-11-9-7-2/h13,15,43,45,50-51,55H,6-12,14,16-42,44,46-49H2,1-5H3,(H-,53,56,57,58)/b15-13+,45-43+. The van der Waals surface area contributed by atoms with Crippen LogP contribution in [0.2, 0.25) is 0 Å². The number of quaternary nitrogens is 1. The second-order valence-corrected chi connectivity index (χ2v) is 20.6. The van der Waals surface area contributed by atoms with Crippen LogP contribution in [0.5, 0.6) is 0 Å². The van der Waals surface area contributed by atoms with Gasteiger partial charge in [0.1, 0.15) is 13.2 Å². The highest BCUT2D eigenvalue weighted by molar-refractivity contribution is 7.45. The van der Waals surface area contributed by atoms with E-state index in [2.05, 4.69) is 31.3 Å². The van der Waals surface area contributed by atoms with E-state index in [1.807, 2.05) is 27.2 Å². The number of likely N-dealkylation sites (N-methyl/N-ethyl adjacent to an activating group) is 1. The van der Waals surface area contributed by atoms with Crippen LogP contribution in [0.1, 0.15) is 251 Å². The number of nitrogens with one attached hydrogen (secondary N) is 1. The Balaban J connectivity index is 3.90. The molecule has 0 saturated heterocycles. The van der Waals surface area contributed by atoms with Crippen LogP contribution in [0, 0.1) is 0 Å². The molecule has 8 nitrogen and oxygen atoms in total. The third-order valence-electron chi connectivity index (χ3n) is 11.9. The first-order valence-electron chi connectivity index (χ1n) is 26.2. The third kappa shape index (κ3) is 46.8. The van der Waals surface area contributed by atoms with Crippen molar-refractivity contribution in [3.05, 3.63) is 24.3 Å². The molecule has 3 atom stereocenters. The average Bonchev–Trinajstić information content (AvgIpc) is 3.21. The number of carbonyl (C=O) groups is 1. The lowest BCUT2D eigenvalue weighted by atomic mass is 10.0. The van der Waals surface area contributed by atoms with Crippen molar-refractivity contribution >= 4 is 13.7 Å². The zero-order chi connectivity index (χ0) is 45.0. The first-order valence-corrected chi connectivity index (χ1v) is 27.7. The first-order chi connectivity index (χ1) is 29.5. The van der Waals surface area contributed by atoms with Gasteiger partial charge in [0.15, 0.2) is 0 Å². The van der Waals surface area contributed by atoms with Crippen LogP contribution in [0.3, 0.4) is 0 Å². The molecule has 61 heavy (non-hydrogen) atoms. The van der Waals surface area contributed by atoms with E-state index in [0.29, 0.717) is 17.4 Å². The fraction of sp³-hybridized carbons (Fsp3) is 0.904. The molecule has 0 rings (SSSR count). The highest BCUT2D eigenvalue weighted by Gasteiger charge is 2.23. The van der Waals surface area contributed by atoms with Crippen LogP contribution in [0.15, 0.2) is 24.3 Å². The van der Waals surface area contributed by atoms with Crippen molar-refractivity contribution in [2.45, 2.75) is 264 Å². The van der Waals surface area contributed by atoms with Crippen molar-refractivity contribution < 1.29 is 32.9 Å². The average molecular weight is 883 g/mol. The Labute approximate surface area is 379 Å². The maximum atomic E-state index is 12.8. The lowest BCUT2D eigenvalue weighted by molar-refractivity contribution is -0.870. The van der Waals surface area contributed by atoms with E-state index in [1.165, 1.54) is 193 Å². The normalized spacial score (nSPS) is 14.3. The molecule has 0 aliphatic heterocycles. The molecule has 0 fully saturated rings. The van der Waals surface area contributed by atoms with Crippen molar-refractivity contribution in [1.29, 1.82) is 0 Å². The van der Waals surface area contributed by atoms with Crippen LogP contribution >= 0.6 is 7.82 Å². The number of amides is 1. The fourth-order valence-electron chi connectivity index (χ4n) is 7.75. The molecule has 0 aromatic carbocycles.